The van der Waals surface area contributed by atoms with Gasteiger partial charge in [-0.1, -0.05) is 0 Å². The third kappa shape index (κ3) is 4.61. The summed E-state index contributed by atoms with van der Waals surface area (Å²) in [5.41, 5.74) is 3.27. The van der Waals surface area contributed by atoms with Crippen molar-refractivity contribution in [3.05, 3.63) is 41.1 Å². The van der Waals surface area contributed by atoms with E-state index in [4.69, 9.17) is 4.42 Å². The molecule has 2 heterocycles. The van der Waals surface area contributed by atoms with E-state index >= 15 is 0 Å². The molecular weight excluding hydrogens is 308 g/mol. The maximum absolute atomic E-state index is 11.9. The first kappa shape index (κ1) is 18.1. The molecule has 0 aromatic carbocycles. The predicted molar refractivity (Wildman–Crippen MR) is 90.7 cm³/mol. The normalized spacial score (nSPS) is 13.5. The molecule has 2 aromatic rings. The van der Waals surface area contributed by atoms with Crippen LogP contribution in [-0.2, 0) is 13.5 Å². The number of furan rings is 1. The number of carbonyl (C=O) groups is 1. The molecule has 0 fully saturated rings. The Bertz CT molecular complexity index is 664. The SMILES string of the molecule is Cc1nn(C)c(C)c1CCNC(=O)NC(C)CC(O)c1ccco1. The minimum absolute atomic E-state index is 0.174. The Kier molecular flexibility index (Phi) is 6.03. The molecule has 0 saturated carbocycles. The lowest BCUT2D eigenvalue weighted by molar-refractivity contribution is 0.129. The van der Waals surface area contributed by atoms with Gasteiger partial charge < -0.3 is 20.2 Å². The highest BCUT2D eigenvalue weighted by molar-refractivity contribution is 5.74. The summed E-state index contributed by atoms with van der Waals surface area (Å²) in [7, 11) is 1.91. The van der Waals surface area contributed by atoms with E-state index in [1.54, 1.807) is 12.1 Å². The molecule has 7 heteroatoms. The number of urea groups is 1. The molecule has 3 N–H and O–H groups in total. The van der Waals surface area contributed by atoms with Crippen LogP contribution in [0.5, 0.6) is 0 Å². The zero-order valence-electron chi connectivity index (χ0n) is 14.7. The molecule has 0 aliphatic rings. The first-order valence-electron chi connectivity index (χ1n) is 8.13. The van der Waals surface area contributed by atoms with Gasteiger partial charge in [0.25, 0.3) is 0 Å². The predicted octanol–water partition coefficient (Wildman–Crippen LogP) is 1.98. The van der Waals surface area contributed by atoms with Crippen molar-refractivity contribution in [3.8, 4) is 0 Å². The van der Waals surface area contributed by atoms with Crippen molar-refractivity contribution in [2.75, 3.05) is 6.54 Å². The van der Waals surface area contributed by atoms with Crippen molar-refractivity contribution in [1.82, 2.24) is 20.4 Å². The summed E-state index contributed by atoms with van der Waals surface area (Å²) in [6, 6.07) is 3.03. The van der Waals surface area contributed by atoms with Gasteiger partial charge in [0.2, 0.25) is 0 Å². The lowest BCUT2D eigenvalue weighted by atomic mass is 10.1. The monoisotopic (exact) mass is 334 g/mol. The van der Waals surface area contributed by atoms with E-state index in [2.05, 4.69) is 15.7 Å². The number of rotatable bonds is 7. The lowest BCUT2D eigenvalue weighted by Crippen LogP contribution is -2.42. The van der Waals surface area contributed by atoms with Crippen molar-refractivity contribution in [3.63, 3.8) is 0 Å². The number of carbonyl (C=O) groups excluding carboxylic acids is 1. The van der Waals surface area contributed by atoms with Crippen LogP contribution >= 0.6 is 0 Å². The highest BCUT2D eigenvalue weighted by atomic mass is 16.4. The molecule has 0 aliphatic carbocycles. The lowest BCUT2D eigenvalue weighted by Gasteiger charge is -2.17. The summed E-state index contributed by atoms with van der Waals surface area (Å²) in [5.74, 6) is 0.506. The van der Waals surface area contributed by atoms with E-state index in [0.717, 1.165) is 17.8 Å². The summed E-state index contributed by atoms with van der Waals surface area (Å²) in [6.45, 7) is 6.38. The van der Waals surface area contributed by atoms with Gasteiger partial charge in [-0.2, -0.15) is 5.10 Å². The molecule has 24 heavy (non-hydrogen) atoms. The second kappa shape index (κ2) is 8.01. The molecule has 2 rings (SSSR count). The summed E-state index contributed by atoms with van der Waals surface area (Å²) in [5, 5.41) is 20.0. The fourth-order valence-electron chi connectivity index (χ4n) is 2.75. The summed E-state index contributed by atoms with van der Waals surface area (Å²) < 4.78 is 7.00. The molecule has 132 valence electrons. The fourth-order valence-corrected chi connectivity index (χ4v) is 2.75. The van der Waals surface area contributed by atoms with Crippen LogP contribution in [0.15, 0.2) is 22.8 Å². The largest absolute Gasteiger partial charge is 0.467 e. The van der Waals surface area contributed by atoms with Crippen molar-refractivity contribution in [1.29, 1.82) is 0 Å². The average molecular weight is 334 g/mol. The van der Waals surface area contributed by atoms with Crippen LogP contribution in [0, 0.1) is 13.8 Å². The Morgan fingerprint density at radius 2 is 2.21 bits per heavy atom. The molecule has 2 aromatic heterocycles. The highest BCUT2D eigenvalue weighted by Gasteiger charge is 2.16. The molecular formula is C17H26N4O3. The second-order valence-electron chi connectivity index (χ2n) is 6.09. The molecule has 2 atom stereocenters. The number of amides is 2. The Morgan fingerprint density at radius 1 is 1.46 bits per heavy atom. The number of nitrogens with one attached hydrogen (secondary N) is 2. The van der Waals surface area contributed by atoms with Crippen molar-refractivity contribution in [2.45, 2.75) is 45.8 Å². The van der Waals surface area contributed by atoms with Crippen LogP contribution in [0.4, 0.5) is 4.79 Å². The van der Waals surface area contributed by atoms with Crippen molar-refractivity contribution >= 4 is 6.03 Å². The summed E-state index contributed by atoms with van der Waals surface area (Å²) >= 11 is 0. The third-order valence-corrected chi connectivity index (χ3v) is 4.15. The first-order valence-corrected chi connectivity index (χ1v) is 8.13. The van der Waals surface area contributed by atoms with Crippen LogP contribution < -0.4 is 10.6 Å². The van der Waals surface area contributed by atoms with Gasteiger partial charge in [0.15, 0.2) is 0 Å². The molecule has 2 unspecified atom stereocenters. The minimum Gasteiger partial charge on any atom is -0.467 e. The van der Waals surface area contributed by atoms with Gasteiger partial charge in [-0.25, -0.2) is 4.79 Å². The van der Waals surface area contributed by atoms with Gasteiger partial charge >= 0.3 is 6.03 Å². The molecule has 0 bridgehead atoms. The zero-order valence-corrected chi connectivity index (χ0v) is 14.7. The van der Waals surface area contributed by atoms with E-state index in [1.807, 2.05) is 32.5 Å². The summed E-state index contributed by atoms with van der Waals surface area (Å²) in [4.78, 5) is 11.9. The average Bonchev–Trinajstić information content (AvgIpc) is 3.11. The van der Waals surface area contributed by atoms with Crippen molar-refractivity contribution < 1.29 is 14.3 Å². The maximum Gasteiger partial charge on any atom is 0.315 e. The molecule has 0 saturated heterocycles. The summed E-state index contributed by atoms with van der Waals surface area (Å²) in [6.07, 6.45) is 1.92. The first-order chi connectivity index (χ1) is 11.4. The van der Waals surface area contributed by atoms with Crippen LogP contribution in [0.25, 0.3) is 0 Å². The van der Waals surface area contributed by atoms with Gasteiger partial charge in [0.1, 0.15) is 11.9 Å². The Labute approximate surface area is 142 Å². The van der Waals surface area contributed by atoms with Gasteiger partial charge in [0, 0.05) is 31.7 Å². The van der Waals surface area contributed by atoms with Gasteiger partial charge in [-0.3, -0.25) is 4.68 Å². The van der Waals surface area contributed by atoms with Crippen LogP contribution in [-0.4, -0.2) is 33.5 Å². The molecule has 2 amide bonds. The Balaban J connectivity index is 1.73. The van der Waals surface area contributed by atoms with Gasteiger partial charge in [-0.15, -0.1) is 0 Å². The molecule has 0 spiro atoms. The minimum atomic E-state index is -0.726. The maximum atomic E-state index is 11.9. The number of aryl methyl sites for hydroxylation is 2. The van der Waals surface area contributed by atoms with E-state index in [-0.39, 0.29) is 12.1 Å². The van der Waals surface area contributed by atoms with Crippen molar-refractivity contribution in [2.24, 2.45) is 7.05 Å². The van der Waals surface area contributed by atoms with Gasteiger partial charge in [0.05, 0.1) is 12.0 Å². The molecule has 7 nitrogen and oxygen atoms in total. The smallest absolute Gasteiger partial charge is 0.315 e. The third-order valence-electron chi connectivity index (χ3n) is 4.15. The fraction of sp³-hybridized carbons (Fsp3) is 0.529. The standard InChI is InChI=1S/C17H26N4O3/c1-11(10-15(22)16-6-5-9-24-16)19-17(23)18-8-7-14-12(2)20-21(4)13(14)3/h5-6,9,11,15,22H,7-8,10H2,1-4H3,(H2,18,19,23). The van der Waals surface area contributed by atoms with E-state index in [1.165, 1.54) is 11.8 Å². The van der Waals surface area contributed by atoms with E-state index in [0.29, 0.717) is 18.7 Å². The quantitative estimate of drug-likeness (QED) is 0.722. The number of aliphatic hydroxyl groups excluding tert-OH is 1. The number of nitrogens with zero attached hydrogens (tertiary/aromatic N) is 2. The topological polar surface area (TPSA) is 92.3 Å². The Morgan fingerprint density at radius 3 is 2.79 bits per heavy atom. The highest BCUT2D eigenvalue weighted by Crippen LogP contribution is 2.18. The zero-order chi connectivity index (χ0) is 17.7. The number of hydrogen-bond acceptors (Lipinski definition) is 4. The molecule has 0 radical (unpaired) electrons. The number of aliphatic hydroxyl groups is 1. The Hall–Kier alpha value is -2.28. The second-order valence-corrected chi connectivity index (χ2v) is 6.09. The van der Waals surface area contributed by atoms with Crippen LogP contribution in [0.3, 0.4) is 0 Å². The number of aromatic nitrogens is 2. The van der Waals surface area contributed by atoms with Crippen LogP contribution in [0.2, 0.25) is 0 Å². The van der Waals surface area contributed by atoms with Gasteiger partial charge in [-0.05, 0) is 44.9 Å². The van der Waals surface area contributed by atoms with E-state index in [9.17, 15) is 9.90 Å². The molecule has 0 aliphatic heterocycles. The van der Waals surface area contributed by atoms with Crippen LogP contribution in [0.1, 0.15) is 42.2 Å². The number of hydrogen-bond donors (Lipinski definition) is 3. The van der Waals surface area contributed by atoms with E-state index < -0.39 is 6.10 Å².